The van der Waals surface area contributed by atoms with Crippen LogP contribution in [0.1, 0.15) is 41.2 Å². The summed E-state index contributed by atoms with van der Waals surface area (Å²) in [7, 11) is -3.69. The van der Waals surface area contributed by atoms with Gasteiger partial charge in [-0.2, -0.15) is 4.72 Å². The summed E-state index contributed by atoms with van der Waals surface area (Å²) in [6, 6.07) is 11.7. The molecule has 1 N–H and O–H groups in total. The van der Waals surface area contributed by atoms with E-state index in [1.54, 1.807) is 0 Å². The van der Waals surface area contributed by atoms with Gasteiger partial charge in [0, 0.05) is 18.5 Å². The second kappa shape index (κ2) is 9.00. The van der Waals surface area contributed by atoms with E-state index in [1.807, 2.05) is 23.1 Å². The molecular formula is C23H24N2O5S. The molecule has 31 heavy (non-hydrogen) atoms. The van der Waals surface area contributed by atoms with Crippen molar-refractivity contribution in [1.29, 1.82) is 0 Å². The smallest absolute Gasteiger partial charge is 0.254 e. The first-order chi connectivity index (χ1) is 15.0. The van der Waals surface area contributed by atoms with Crippen LogP contribution in [-0.4, -0.2) is 45.5 Å². The summed E-state index contributed by atoms with van der Waals surface area (Å²) in [4.78, 5) is 15.1. The minimum Gasteiger partial charge on any atom is -0.490 e. The number of ether oxygens (including phenoxy) is 2. The summed E-state index contributed by atoms with van der Waals surface area (Å²) in [5, 5.41) is 0. The number of hydrogen-bond acceptors (Lipinski definition) is 5. The number of carbonyl (C=O) groups is 1. The highest BCUT2D eigenvalue weighted by atomic mass is 32.2. The van der Waals surface area contributed by atoms with Crippen LogP contribution in [0.5, 0.6) is 11.5 Å². The molecule has 0 unspecified atom stereocenters. The number of terminal acetylenes is 1. The number of fused-ring (bicyclic) bond motifs is 1. The highest BCUT2D eigenvalue weighted by Gasteiger charge is 2.31. The van der Waals surface area contributed by atoms with Crippen LogP contribution in [0.25, 0.3) is 0 Å². The van der Waals surface area contributed by atoms with Gasteiger partial charge in [0.15, 0.2) is 11.5 Å². The van der Waals surface area contributed by atoms with Crippen LogP contribution in [0.2, 0.25) is 0 Å². The lowest BCUT2D eigenvalue weighted by Crippen LogP contribution is -2.30. The number of benzene rings is 2. The van der Waals surface area contributed by atoms with E-state index < -0.39 is 10.0 Å². The predicted octanol–water partition coefficient (Wildman–Crippen LogP) is 2.74. The fourth-order valence-corrected chi connectivity index (χ4v) is 4.84. The highest BCUT2D eigenvalue weighted by Crippen LogP contribution is 2.38. The molecule has 2 aliphatic rings. The van der Waals surface area contributed by atoms with Crippen LogP contribution in [0, 0.1) is 12.3 Å². The number of nitrogens with one attached hydrogen (secondary N) is 1. The minimum absolute atomic E-state index is 0.0645. The molecule has 1 atom stereocenters. The third-order valence-electron chi connectivity index (χ3n) is 5.45. The maximum Gasteiger partial charge on any atom is 0.254 e. The monoisotopic (exact) mass is 440 g/mol. The molecule has 0 aromatic heterocycles. The lowest BCUT2D eigenvalue weighted by atomic mass is 10.0. The molecule has 2 aromatic rings. The van der Waals surface area contributed by atoms with E-state index in [2.05, 4.69) is 10.6 Å². The summed E-state index contributed by atoms with van der Waals surface area (Å²) in [6.07, 6.45) is 7.70. The molecule has 0 bridgehead atoms. The first-order valence-corrected chi connectivity index (χ1v) is 11.7. The van der Waals surface area contributed by atoms with Crippen molar-refractivity contribution in [3.05, 3.63) is 53.6 Å². The van der Waals surface area contributed by atoms with Crippen LogP contribution < -0.4 is 14.2 Å². The van der Waals surface area contributed by atoms with Crippen molar-refractivity contribution in [1.82, 2.24) is 9.62 Å². The fourth-order valence-electron chi connectivity index (χ4n) is 3.91. The van der Waals surface area contributed by atoms with Gasteiger partial charge in [-0.1, -0.05) is 12.0 Å². The van der Waals surface area contributed by atoms with Crippen molar-refractivity contribution in [2.45, 2.75) is 30.2 Å². The van der Waals surface area contributed by atoms with Gasteiger partial charge in [-0.3, -0.25) is 4.79 Å². The van der Waals surface area contributed by atoms with Crippen molar-refractivity contribution in [3.63, 3.8) is 0 Å². The van der Waals surface area contributed by atoms with Crippen LogP contribution >= 0.6 is 0 Å². The summed E-state index contributed by atoms with van der Waals surface area (Å²) in [5.41, 5.74) is 1.45. The lowest BCUT2D eigenvalue weighted by molar-refractivity contribution is 0.0735. The Morgan fingerprint density at radius 3 is 2.58 bits per heavy atom. The van der Waals surface area contributed by atoms with Crippen molar-refractivity contribution < 1.29 is 22.7 Å². The van der Waals surface area contributed by atoms with Crippen LogP contribution in [0.15, 0.2) is 47.4 Å². The van der Waals surface area contributed by atoms with Crippen molar-refractivity contribution in [3.8, 4) is 23.8 Å². The van der Waals surface area contributed by atoms with E-state index in [9.17, 15) is 13.2 Å². The Morgan fingerprint density at radius 1 is 1.10 bits per heavy atom. The summed E-state index contributed by atoms with van der Waals surface area (Å²) < 4.78 is 38.2. The zero-order chi connectivity index (χ0) is 21.8. The molecule has 8 heteroatoms. The van der Waals surface area contributed by atoms with E-state index in [-0.39, 0.29) is 23.4 Å². The number of hydrogen-bond donors (Lipinski definition) is 1. The molecule has 0 saturated carbocycles. The van der Waals surface area contributed by atoms with Gasteiger partial charge in [0.2, 0.25) is 10.0 Å². The Morgan fingerprint density at radius 2 is 1.84 bits per heavy atom. The number of carbonyl (C=O) groups excluding carboxylic acids is 1. The topological polar surface area (TPSA) is 84.9 Å². The Kier molecular flexibility index (Phi) is 6.16. The normalized spacial score (nSPS) is 18.3. The van der Waals surface area contributed by atoms with Crippen molar-refractivity contribution in [2.75, 3.05) is 26.3 Å². The van der Waals surface area contributed by atoms with Gasteiger partial charge in [0.25, 0.3) is 5.91 Å². The third kappa shape index (κ3) is 4.53. The Bertz CT molecular complexity index is 1110. The van der Waals surface area contributed by atoms with Gasteiger partial charge < -0.3 is 14.4 Å². The molecule has 2 aromatic carbocycles. The lowest BCUT2D eigenvalue weighted by Gasteiger charge is -2.26. The van der Waals surface area contributed by atoms with Gasteiger partial charge in [-0.25, -0.2) is 8.42 Å². The molecule has 0 aliphatic carbocycles. The number of amides is 1. The standard InChI is InChI=1S/C23H24N2O5S/c1-2-12-24-31(27,28)19-9-6-17(7-10-19)23(26)25-13-3-5-20(25)18-8-11-21-22(16-18)30-15-4-14-29-21/h1,6-11,16,20,24H,3-5,12-15H2/t20-/m0/s1. The van der Waals surface area contributed by atoms with E-state index in [0.29, 0.717) is 31.1 Å². The van der Waals surface area contributed by atoms with Crippen LogP contribution in [-0.2, 0) is 10.0 Å². The molecule has 1 saturated heterocycles. The molecule has 162 valence electrons. The van der Waals surface area contributed by atoms with Crippen molar-refractivity contribution in [2.24, 2.45) is 0 Å². The van der Waals surface area contributed by atoms with Crippen LogP contribution in [0.3, 0.4) is 0 Å². The zero-order valence-electron chi connectivity index (χ0n) is 17.0. The molecule has 2 aliphatic heterocycles. The Balaban J connectivity index is 1.53. The van der Waals surface area contributed by atoms with E-state index in [4.69, 9.17) is 15.9 Å². The molecule has 2 heterocycles. The molecule has 1 amide bonds. The fraction of sp³-hybridized carbons (Fsp3) is 0.348. The van der Waals surface area contributed by atoms with Gasteiger partial charge in [0.1, 0.15) is 0 Å². The van der Waals surface area contributed by atoms with Gasteiger partial charge in [0.05, 0.1) is 30.7 Å². The first kappa shape index (κ1) is 21.2. The van der Waals surface area contributed by atoms with Gasteiger partial charge in [-0.15, -0.1) is 6.42 Å². The maximum atomic E-state index is 13.2. The SMILES string of the molecule is C#CCNS(=O)(=O)c1ccc(C(=O)N2CCC[C@H]2c2ccc3c(c2)OCCCO3)cc1. The average molecular weight is 441 g/mol. The minimum atomic E-state index is -3.69. The highest BCUT2D eigenvalue weighted by molar-refractivity contribution is 7.89. The van der Waals surface area contributed by atoms with E-state index >= 15 is 0 Å². The Hall–Kier alpha value is -3.02. The summed E-state index contributed by atoms with van der Waals surface area (Å²) in [5.74, 6) is 3.55. The van der Waals surface area contributed by atoms with Gasteiger partial charge in [-0.05, 0) is 54.8 Å². The van der Waals surface area contributed by atoms with E-state index in [0.717, 1.165) is 30.6 Å². The second-order valence-electron chi connectivity index (χ2n) is 7.47. The number of nitrogens with zero attached hydrogens (tertiary/aromatic N) is 1. The summed E-state index contributed by atoms with van der Waals surface area (Å²) in [6.45, 7) is 1.79. The zero-order valence-corrected chi connectivity index (χ0v) is 17.9. The average Bonchev–Trinajstić information content (AvgIpc) is 3.16. The van der Waals surface area contributed by atoms with Crippen molar-refractivity contribution >= 4 is 15.9 Å². The number of rotatable bonds is 5. The second-order valence-corrected chi connectivity index (χ2v) is 9.23. The quantitative estimate of drug-likeness (QED) is 0.723. The molecule has 0 radical (unpaired) electrons. The predicted molar refractivity (Wildman–Crippen MR) is 116 cm³/mol. The largest absolute Gasteiger partial charge is 0.490 e. The first-order valence-electron chi connectivity index (χ1n) is 10.2. The Labute approximate surface area is 182 Å². The molecule has 7 nitrogen and oxygen atoms in total. The van der Waals surface area contributed by atoms with E-state index in [1.165, 1.54) is 24.3 Å². The van der Waals surface area contributed by atoms with Crippen LogP contribution in [0.4, 0.5) is 0 Å². The maximum absolute atomic E-state index is 13.2. The number of sulfonamides is 1. The summed E-state index contributed by atoms with van der Waals surface area (Å²) >= 11 is 0. The molecule has 0 spiro atoms. The number of likely N-dealkylation sites (tertiary alicyclic amines) is 1. The molecule has 4 rings (SSSR count). The third-order valence-corrected chi connectivity index (χ3v) is 6.86. The van der Waals surface area contributed by atoms with Gasteiger partial charge >= 0.3 is 0 Å². The molecule has 1 fully saturated rings. The molecular weight excluding hydrogens is 416 g/mol.